The molecule has 0 spiro atoms. The molecule has 5 nitrogen and oxygen atoms in total. The first-order valence-corrected chi connectivity index (χ1v) is 6.58. The number of benzene rings is 1. The number of ether oxygens (including phenoxy) is 1. The van der Waals surface area contributed by atoms with E-state index < -0.39 is 0 Å². The van der Waals surface area contributed by atoms with Crippen molar-refractivity contribution >= 4 is 0 Å². The van der Waals surface area contributed by atoms with Crippen molar-refractivity contribution in [2.24, 2.45) is 5.73 Å². The first kappa shape index (κ1) is 12.3. The summed E-state index contributed by atoms with van der Waals surface area (Å²) in [6.07, 6.45) is 2.17. The van der Waals surface area contributed by atoms with Crippen molar-refractivity contribution in [2.75, 3.05) is 7.11 Å². The molecule has 0 radical (unpaired) electrons. The van der Waals surface area contributed by atoms with Gasteiger partial charge in [0.15, 0.2) is 11.6 Å². The number of fused-ring (bicyclic) bond motifs is 1. The fourth-order valence-corrected chi connectivity index (χ4v) is 2.45. The molecule has 1 unspecified atom stereocenters. The van der Waals surface area contributed by atoms with Crippen LogP contribution in [-0.2, 0) is 17.8 Å². The summed E-state index contributed by atoms with van der Waals surface area (Å²) in [6, 6.07) is 8.07. The third-order valence-corrected chi connectivity index (χ3v) is 3.56. The molecule has 0 fully saturated rings. The van der Waals surface area contributed by atoms with E-state index in [1.54, 1.807) is 7.11 Å². The molecule has 5 heteroatoms. The molecular weight excluding hydrogens is 240 g/mol. The van der Waals surface area contributed by atoms with Gasteiger partial charge in [-0.2, -0.15) is 5.10 Å². The molecule has 2 aromatic rings. The highest BCUT2D eigenvalue weighted by molar-refractivity contribution is 5.55. The Morgan fingerprint density at radius 1 is 1.37 bits per heavy atom. The van der Waals surface area contributed by atoms with E-state index >= 15 is 0 Å². The number of hydrogen-bond acceptors (Lipinski definition) is 4. The Morgan fingerprint density at radius 2 is 2.16 bits per heavy atom. The third-order valence-electron chi connectivity index (χ3n) is 3.56. The number of hydrogen-bond donors (Lipinski definition) is 1. The van der Waals surface area contributed by atoms with Crippen molar-refractivity contribution in [1.82, 2.24) is 14.8 Å². The van der Waals surface area contributed by atoms with Crippen LogP contribution < -0.4 is 5.73 Å². The molecule has 100 valence electrons. The van der Waals surface area contributed by atoms with Crippen LogP contribution in [0.25, 0.3) is 11.4 Å². The van der Waals surface area contributed by atoms with Gasteiger partial charge in [-0.1, -0.05) is 24.3 Å². The fourth-order valence-electron chi connectivity index (χ4n) is 2.45. The highest BCUT2D eigenvalue weighted by Gasteiger charge is 2.24. The van der Waals surface area contributed by atoms with Gasteiger partial charge in [0.1, 0.15) is 6.10 Å². The van der Waals surface area contributed by atoms with Crippen molar-refractivity contribution < 1.29 is 4.74 Å². The molecule has 1 aliphatic heterocycles. The Morgan fingerprint density at radius 3 is 2.84 bits per heavy atom. The normalized spacial score (nSPS) is 18.3. The lowest BCUT2D eigenvalue weighted by atomic mass is 10.1. The predicted molar refractivity (Wildman–Crippen MR) is 72.3 cm³/mol. The van der Waals surface area contributed by atoms with Gasteiger partial charge in [-0.05, 0) is 18.4 Å². The van der Waals surface area contributed by atoms with Gasteiger partial charge < -0.3 is 10.5 Å². The Bertz CT molecular complexity index is 561. The van der Waals surface area contributed by atoms with Gasteiger partial charge in [-0.25, -0.2) is 9.67 Å². The topological polar surface area (TPSA) is 66.0 Å². The summed E-state index contributed by atoms with van der Waals surface area (Å²) in [5, 5.41) is 4.57. The van der Waals surface area contributed by atoms with E-state index in [1.165, 1.54) is 0 Å². The van der Waals surface area contributed by atoms with Crippen molar-refractivity contribution in [3.63, 3.8) is 0 Å². The molecule has 0 bridgehead atoms. The molecule has 0 amide bonds. The van der Waals surface area contributed by atoms with E-state index in [0.717, 1.165) is 42.2 Å². The quantitative estimate of drug-likeness (QED) is 0.913. The van der Waals surface area contributed by atoms with Crippen molar-refractivity contribution in [2.45, 2.75) is 32.0 Å². The first-order chi connectivity index (χ1) is 9.31. The van der Waals surface area contributed by atoms with Crippen LogP contribution in [0.5, 0.6) is 0 Å². The van der Waals surface area contributed by atoms with Gasteiger partial charge in [0, 0.05) is 25.8 Å². The minimum absolute atomic E-state index is 0.0679. The molecule has 0 saturated heterocycles. The lowest BCUT2D eigenvalue weighted by Gasteiger charge is -2.20. The lowest BCUT2D eigenvalue weighted by molar-refractivity contribution is 0.0697. The molecule has 19 heavy (non-hydrogen) atoms. The summed E-state index contributed by atoms with van der Waals surface area (Å²) in [4.78, 5) is 4.62. The average Bonchev–Trinajstić information content (AvgIpc) is 2.91. The molecule has 0 aliphatic carbocycles. The number of aryl methyl sites for hydroxylation is 1. The summed E-state index contributed by atoms with van der Waals surface area (Å²) >= 11 is 0. The number of rotatable bonds is 3. The zero-order valence-corrected chi connectivity index (χ0v) is 11.0. The van der Waals surface area contributed by atoms with Crippen LogP contribution in [0.15, 0.2) is 24.3 Å². The predicted octanol–water partition coefficient (Wildman–Crippen LogP) is 1.89. The van der Waals surface area contributed by atoms with Crippen LogP contribution in [-0.4, -0.2) is 21.9 Å². The second kappa shape index (κ2) is 5.11. The van der Waals surface area contributed by atoms with Gasteiger partial charge in [-0.3, -0.25) is 0 Å². The van der Waals surface area contributed by atoms with Crippen molar-refractivity contribution in [1.29, 1.82) is 0 Å². The molecule has 1 aliphatic rings. The SMILES string of the molecule is COC1CCCn2nc(-c3ccc(CN)cc3)nc21. The highest BCUT2D eigenvalue weighted by Crippen LogP contribution is 2.28. The van der Waals surface area contributed by atoms with E-state index in [4.69, 9.17) is 10.5 Å². The second-order valence-corrected chi connectivity index (χ2v) is 4.78. The average molecular weight is 258 g/mol. The van der Waals surface area contributed by atoms with Crippen LogP contribution >= 0.6 is 0 Å². The number of nitrogens with two attached hydrogens (primary N) is 1. The minimum atomic E-state index is 0.0679. The maximum absolute atomic E-state index is 5.60. The third kappa shape index (κ3) is 2.27. The van der Waals surface area contributed by atoms with Gasteiger partial charge in [0.05, 0.1) is 0 Å². The van der Waals surface area contributed by atoms with Gasteiger partial charge in [-0.15, -0.1) is 0 Å². The summed E-state index contributed by atoms with van der Waals surface area (Å²) in [5.41, 5.74) is 7.74. The zero-order valence-electron chi connectivity index (χ0n) is 11.0. The Kier molecular flexibility index (Phi) is 3.31. The van der Waals surface area contributed by atoms with Gasteiger partial charge >= 0.3 is 0 Å². The number of nitrogens with zero attached hydrogens (tertiary/aromatic N) is 3. The standard InChI is InChI=1S/C14H18N4O/c1-19-12-3-2-8-18-14(12)16-13(17-18)11-6-4-10(9-15)5-7-11/h4-7,12H,2-3,8-9,15H2,1H3. The van der Waals surface area contributed by atoms with Crippen LogP contribution in [0, 0.1) is 0 Å². The van der Waals surface area contributed by atoms with Crippen LogP contribution in [0.2, 0.25) is 0 Å². The fraction of sp³-hybridized carbons (Fsp3) is 0.429. The Balaban J connectivity index is 1.95. The summed E-state index contributed by atoms with van der Waals surface area (Å²) < 4.78 is 7.43. The largest absolute Gasteiger partial charge is 0.373 e. The van der Waals surface area contributed by atoms with E-state index in [1.807, 2.05) is 28.9 Å². The van der Waals surface area contributed by atoms with E-state index in [9.17, 15) is 0 Å². The monoisotopic (exact) mass is 258 g/mol. The van der Waals surface area contributed by atoms with Crippen molar-refractivity contribution in [3.05, 3.63) is 35.7 Å². The first-order valence-electron chi connectivity index (χ1n) is 6.58. The van der Waals surface area contributed by atoms with E-state index in [-0.39, 0.29) is 6.10 Å². The minimum Gasteiger partial charge on any atom is -0.373 e. The maximum Gasteiger partial charge on any atom is 0.181 e. The molecule has 1 atom stereocenters. The van der Waals surface area contributed by atoms with E-state index in [2.05, 4.69) is 10.1 Å². The lowest BCUT2D eigenvalue weighted by Crippen LogP contribution is -2.18. The molecular formula is C14H18N4O. The van der Waals surface area contributed by atoms with Gasteiger partial charge in [0.2, 0.25) is 0 Å². The number of methoxy groups -OCH3 is 1. The van der Waals surface area contributed by atoms with Crippen LogP contribution in [0.3, 0.4) is 0 Å². The summed E-state index contributed by atoms with van der Waals surface area (Å²) in [6.45, 7) is 1.47. The zero-order chi connectivity index (χ0) is 13.2. The molecule has 3 rings (SSSR count). The number of aromatic nitrogens is 3. The smallest absolute Gasteiger partial charge is 0.181 e. The second-order valence-electron chi connectivity index (χ2n) is 4.78. The van der Waals surface area contributed by atoms with E-state index in [0.29, 0.717) is 6.54 Å². The van der Waals surface area contributed by atoms with Gasteiger partial charge in [0.25, 0.3) is 0 Å². The Labute approximate surface area is 112 Å². The molecule has 1 aromatic heterocycles. The summed E-state index contributed by atoms with van der Waals surface area (Å²) in [5.74, 6) is 1.70. The van der Waals surface area contributed by atoms with Crippen LogP contribution in [0.4, 0.5) is 0 Å². The molecule has 2 N–H and O–H groups in total. The van der Waals surface area contributed by atoms with Crippen LogP contribution in [0.1, 0.15) is 30.3 Å². The Hall–Kier alpha value is -1.72. The molecule has 1 aromatic carbocycles. The highest BCUT2D eigenvalue weighted by atomic mass is 16.5. The molecule has 2 heterocycles. The van der Waals surface area contributed by atoms with Crippen molar-refractivity contribution in [3.8, 4) is 11.4 Å². The maximum atomic E-state index is 5.60. The summed E-state index contributed by atoms with van der Waals surface area (Å²) in [7, 11) is 1.73. The molecule has 0 saturated carbocycles.